The van der Waals surface area contributed by atoms with Crippen molar-refractivity contribution in [1.82, 2.24) is 19.9 Å². The van der Waals surface area contributed by atoms with Crippen LogP contribution in [0.3, 0.4) is 0 Å². The predicted octanol–water partition coefficient (Wildman–Crippen LogP) is 3.48. The zero-order valence-corrected chi connectivity index (χ0v) is 15.8. The third-order valence-corrected chi connectivity index (χ3v) is 4.15. The van der Waals surface area contributed by atoms with Crippen molar-refractivity contribution < 1.29 is 14.0 Å². The van der Waals surface area contributed by atoms with Crippen LogP contribution in [-0.4, -0.2) is 34.2 Å². The number of hydrogen-bond donors (Lipinski definition) is 1. The molecule has 0 saturated carbocycles. The van der Waals surface area contributed by atoms with E-state index >= 15 is 0 Å². The lowest BCUT2D eigenvalue weighted by Gasteiger charge is -2.21. The normalized spacial score (nSPS) is 10.7. The third kappa shape index (κ3) is 3.71. The highest BCUT2D eigenvalue weighted by Crippen LogP contribution is 2.35. The number of ether oxygens (including phenoxy) is 1. The number of nitrogens with zero attached hydrogens (tertiary/aromatic N) is 5. The van der Waals surface area contributed by atoms with Crippen LogP contribution >= 0.6 is 0 Å². The molecule has 0 aliphatic heterocycles. The molecule has 0 atom stereocenters. The second-order valence-corrected chi connectivity index (χ2v) is 5.91. The number of rotatable bonds is 6. The highest BCUT2D eigenvalue weighted by Gasteiger charge is 2.18. The maximum absolute atomic E-state index is 5.92. The summed E-state index contributed by atoms with van der Waals surface area (Å²) in [5.41, 5.74) is 8.13. The van der Waals surface area contributed by atoms with E-state index in [2.05, 4.69) is 19.9 Å². The number of benzene rings is 2. The molecule has 0 radical (unpaired) electrons. The molecule has 0 saturated heterocycles. The molecular formula is C20H18N6O3. The van der Waals surface area contributed by atoms with Gasteiger partial charge in [-0.15, -0.1) is 0 Å². The van der Waals surface area contributed by atoms with Crippen LogP contribution in [0, 0.1) is 0 Å². The van der Waals surface area contributed by atoms with E-state index in [0.29, 0.717) is 23.0 Å². The average molecular weight is 390 g/mol. The van der Waals surface area contributed by atoms with Crippen molar-refractivity contribution in [2.45, 2.75) is 0 Å². The zero-order chi connectivity index (χ0) is 20.2. The first-order valence-electron chi connectivity index (χ1n) is 8.67. The predicted molar refractivity (Wildman–Crippen MR) is 107 cm³/mol. The van der Waals surface area contributed by atoms with Crippen molar-refractivity contribution in [3.05, 3.63) is 61.1 Å². The molecule has 0 aliphatic rings. The lowest BCUT2D eigenvalue weighted by atomic mass is 10.1. The molecule has 0 spiro atoms. The third-order valence-electron chi connectivity index (χ3n) is 4.15. The standard InChI is InChI=1S/C20H18N6O3/c1-27-16-10-14(8-9-15(16)17-11-22-12-29-17)26(28-2)20-24-18(23-19(21)25-20)13-6-4-3-5-7-13/h3-12H,1-2H3,(H2,21,23,24,25). The molecule has 29 heavy (non-hydrogen) atoms. The minimum atomic E-state index is 0.0844. The molecule has 4 aromatic rings. The number of nitrogen functional groups attached to an aromatic ring is 1. The maximum atomic E-state index is 5.92. The van der Waals surface area contributed by atoms with Gasteiger partial charge in [0, 0.05) is 11.6 Å². The van der Waals surface area contributed by atoms with Gasteiger partial charge in [-0.25, -0.2) is 4.98 Å². The van der Waals surface area contributed by atoms with Gasteiger partial charge >= 0.3 is 0 Å². The molecule has 9 nitrogen and oxygen atoms in total. The second kappa shape index (κ2) is 7.95. The molecule has 0 bridgehead atoms. The molecule has 0 amide bonds. The Kier molecular flexibility index (Phi) is 5.04. The van der Waals surface area contributed by atoms with Gasteiger partial charge in [-0.05, 0) is 12.1 Å². The minimum Gasteiger partial charge on any atom is -0.496 e. The summed E-state index contributed by atoms with van der Waals surface area (Å²) >= 11 is 0. The lowest BCUT2D eigenvalue weighted by Crippen LogP contribution is -2.19. The van der Waals surface area contributed by atoms with Crippen molar-refractivity contribution in [2.75, 3.05) is 25.0 Å². The van der Waals surface area contributed by atoms with Gasteiger partial charge < -0.3 is 14.9 Å². The SMILES string of the molecule is COc1cc(N(OC)c2nc(N)nc(-c3ccccc3)n2)ccc1-c1cnco1. The first-order valence-corrected chi connectivity index (χ1v) is 8.67. The molecule has 4 rings (SSSR count). The Morgan fingerprint density at radius 2 is 1.83 bits per heavy atom. The van der Waals surface area contributed by atoms with Gasteiger partial charge in [-0.3, -0.25) is 4.84 Å². The first kappa shape index (κ1) is 18.4. The van der Waals surface area contributed by atoms with Gasteiger partial charge in [0.2, 0.25) is 5.95 Å². The summed E-state index contributed by atoms with van der Waals surface area (Å²) in [5, 5.41) is 1.44. The van der Waals surface area contributed by atoms with E-state index in [4.69, 9.17) is 19.7 Å². The van der Waals surface area contributed by atoms with Gasteiger partial charge in [0.1, 0.15) is 5.75 Å². The Hall–Kier alpha value is -3.98. The monoisotopic (exact) mass is 390 g/mol. The van der Waals surface area contributed by atoms with Crippen LogP contribution in [-0.2, 0) is 4.84 Å². The second-order valence-electron chi connectivity index (χ2n) is 5.91. The molecule has 0 fully saturated rings. The van der Waals surface area contributed by atoms with Crippen molar-refractivity contribution in [3.63, 3.8) is 0 Å². The fourth-order valence-electron chi connectivity index (χ4n) is 2.85. The van der Waals surface area contributed by atoms with Gasteiger partial charge in [0.15, 0.2) is 18.0 Å². The van der Waals surface area contributed by atoms with E-state index in [1.165, 1.54) is 18.6 Å². The van der Waals surface area contributed by atoms with Crippen LogP contribution in [0.2, 0.25) is 0 Å². The summed E-state index contributed by atoms with van der Waals surface area (Å²) in [5.74, 6) is 1.94. The van der Waals surface area contributed by atoms with E-state index in [1.807, 2.05) is 42.5 Å². The highest BCUT2D eigenvalue weighted by atomic mass is 16.7. The van der Waals surface area contributed by atoms with Crippen molar-refractivity contribution in [1.29, 1.82) is 0 Å². The van der Waals surface area contributed by atoms with Crippen LogP contribution in [0.15, 0.2) is 65.5 Å². The van der Waals surface area contributed by atoms with Crippen LogP contribution in [0.25, 0.3) is 22.7 Å². The average Bonchev–Trinajstić information content (AvgIpc) is 3.29. The Labute approximate surface area is 166 Å². The zero-order valence-electron chi connectivity index (χ0n) is 15.8. The van der Waals surface area contributed by atoms with Gasteiger partial charge in [0.25, 0.3) is 5.95 Å². The van der Waals surface area contributed by atoms with Gasteiger partial charge in [0.05, 0.1) is 31.7 Å². The smallest absolute Gasteiger partial charge is 0.260 e. The molecule has 146 valence electrons. The van der Waals surface area contributed by atoms with E-state index in [-0.39, 0.29) is 11.9 Å². The highest BCUT2D eigenvalue weighted by molar-refractivity contribution is 5.71. The molecule has 0 aliphatic carbocycles. The van der Waals surface area contributed by atoms with Crippen LogP contribution in [0.4, 0.5) is 17.6 Å². The van der Waals surface area contributed by atoms with E-state index in [0.717, 1.165) is 11.1 Å². The summed E-state index contributed by atoms with van der Waals surface area (Å²) in [6, 6.07) is 14.9. The molecule has 2 N–H and O–H groups in total. The van der Waals surface area contributed by atoms with Crippen molar-refractivity contribution >= 4 is 17.6 Å². The maximum Gasteiger partial charge on any atom is 0.260 e. The summed E-state index contributed by atoms with van der Waals surface area (Å²) in [6.07, 6.45) is 2.98. The number of nitrogens with two attached hydrogens (primary N) is 1. The first-order chi connectivity index (χ1) is 14.2. The minimum absolute atomic E-state index is 0.0844. The van der Waals surface area contributed by atoms with Crippen molar-refractivity contribution in [3.8, 4) is 28.5 Å². The quantitative estimate of drug-likeness (QED) is 0.494. The van der Waals surface area contributed by atoms with E-state index < -0.39 is 0 Å². The van der Waals surface area contributed by atoms with Crippen molar-refractivity contribution in [2.24, 2.45) is 0 Å². The molecule has 2 aromatic heterocycles. The number of anilines is 3. The van der Waals surface area contributed by atoms with E-state index in [9.17, 15) is 0 Å². The fraction of sp³-hybridized carbons (Fsp3) is 0.100. The number of oxazole rings is 1. The van der Waals surface area contributed by atoms with Crippen LogP contribution < -0.4 is 15.5 Å². The molecule has 2 aromatic carbocycles. The number of methoxy groups -OCH3 is 1. The lowest BCUT2D eigenvalue weighted by molar-refractivity contribution is 0.196. The summed E-state index contributed by atoms with van der Waals surface area (Å²) in [7, 11) is 3.09. The summed E-state index contributed by atoms with van der Waals surface area (Å²) < 4.78 is 10.9. The number of hydrogen-bond acceptors (Lipinski definition) is 9. The summed E-state index contributed by atoms with van der Waals surface area (Å²) in [4.78, 5) is 22.4. The molecule has 0 unspecified atom stereocenters. The largest absolute Gasteiger partial charge is 0.496 e. The van der Waals surface area contributed by atoms with Crippen LogP contribution in [0.5, 0.6) is 5.75 Å². The molecular weight excluding hydrogens is 372 g/mol. The summed E-state index contributed by atoms with van der Waals surface area (Å²) in [6.45, 7) is 0. The van der Waals surface area contributed by atoms with E-state index in [1.54, 1.807) is 19.4 Å². The van der Waals surface area contributed by atoms with Gasteiger partial charge in [-0.2, -0.15) is 20.0 Å². The topological polar surface area (TPSA) is 112 Å². The number of aromatic nitrogens is 4. The Bertz CT molecular complexity index is 1100. The van der Waals surface area contributed by atoms with Gasteiger partial charge in [-0.1, -0.05) is 30.3 Å². The fourth-order valence-corrected chi connectivity index (χ4v) is 2.85. The Morgan fingerprint density at radius 1 is 1.00 bits per heavy atom. The Balaban J connectivity index is 1.75. The van der Waals surface area contributed by atoms with Crippen LogP contribution in [0.1, 0.15) is 0 Å². The Morgan fingerprint density at radius 3 is 2.52 bits per heavy atom. The molecule has 2 heterocycles. The molecule has 9 heteroatoms.